The van der Waals surface area contributed by atoms with E-state index < -0.39 is 11.7 Å². The van der Waals surface area contributed by atoms with E-state index >= 15 is 0 Å². The van der Waals surface area contributed by atoms with E-state index in [1.54, 1.807) is 6.92 Å². The van der Waals surface area contributed by atoms with Crippen LogP contribution in [0.25, 0.3) is 0 Å². The van der Waals surface area contributed by atoms with Crippen LogP contribution in [0.15, 0.2) is 34.9 Å². The van der Waals surface area contributed by atoms with Crippen molar-refractivity contribution >= 4 is 11.9 Å². The van der Waals surface area contributed by atoms with Crippen LogP contribution in [0.2, 0.25) is 0 Å². The monoisotopic (exact) mass is 364 g/mol. The third-order valence-electron chi connectivity index (χ3n) is 4.45. The predicted molar refractivity (Wildman–Crippen MR) is 101 cm³/mol. The molecule has 1 aliphatic rings. The Bertz CT molecular complexity index is 592. The van der Waals surface area contributed by atoms with Gasteiger partial charge < -0.3 is 14.6 Å². The van der Waals surface area contributed by atoms with Gasteiger partial charge in [0.2, 0.25) is 0 Å². The number of ether oxygens (including phenoxy) is 2. The number of carbonyl (C=O) groups excluding carboxylic acids is 2. The fourth-order valence-electron chi connectivity index (χ4n) is 2.73. The predicted octanol–water partition coefficient (Wildman–Crippen LogP) is 4.02. The third kappa shape index (κ3) is 8.00. The second-order valence-electron chi connectivity index (χ2n) is 7.40. The van der Waals surface area contributed by atoms with Gasteiger partial charge in [-0.3, -0.25) is 4.79 Å². The normalized spacial score (nSPS) is 23.6. The number of aliphatic hydroxyl groups is 1. The first-order valence-electron chi connectivity index (χ1n) is 9.16. The van der Waals surface area contributed by atoms with Gasteiger partial charge in [-0.15, -0.1) is 0 Å². The number of hydrogen-bond donors (Lipinski definition) is 1. The van der Waals surface area contributed by atoms with Gasteiger partial charge in [0, 0.05) is 12.5 Å². The van der Waals surface area contributed by atoms with E-state index in [2.05, 4.69) is 6.08 Å². The highest BCUT2D eigenvalue weighted by Crippen LogP contribution is 2.29. The topological polar surface area (TPSA) is 72.8 Å². The molecule has 146 valence electrons. The second kappa shape index (κ2) is 10.3. The summed E-state index contributed by atoms with van der Waals surface area (Å²) >= 11 is 0. The van der Waals surface area contributed by atoms with Gasteiger partial charge in [0.1, 0.15) is 18.3 Å². The number of carbonyl (C=O) groups is 2. The molecule has 0 aromatic rings. The molecule has 1 rings (SSSR count). The highest BCUT2D eigenvalue weighted by atomic mass is 16.6. The molecule has 1 aliphatic heterocycles. The molecule has 0 fully saturated rings. The molecular formula is C21H32O5. The number of allylic oxidation sites excluding steroid dienone is 3. The van der Waals surface area contributed by atoms with Gasteiger partial charge in [-0.1, -0.05) is 23.3 Å². The Labute approximate surface area is 156 Å². The molecule has 26 heavy (non-hydrogen) atoms. The van der Waals surface area contributed by atoms with E-state index in [0.29, 0.717) is 31.3 Å². The first kappa shape index (κ1) is 22.2. The Morgan fingerprint density at radius 2 is 2.04 bits per heavy atom. The molecule has 1 N–H and O–H groups in total. The van der Waals surface area contributed by atoms with Crippen molar-refractivity contribution in [2.24, 2.45) is 0 Å². The maximum Gasteiger partial charge on any atom is 0.334 e. The Balaban J connectivity index is 2.64. The molecule has 0 aliphatic carbocycles. The molecule has 5 heteroatoms. The van der Waals surface area contributed by atoms with Gasteiger partial charge in [-0.05, 0) is 65.9 Å². The first-order chi connectivity index (χ1) is 12.1. The number of cyclic esters (lactones) is 1. The van der Waals surface area contributed by atoms with Crippen LogP contribution in [0, 0.1) is 0 Å². The quantitative estimate of drug-likeness (QED) is 0.520. The molecule has 0 unspecified atom stereocenters. The van der Waals surface area contributed by atoms with E-state index in [-0.39, 0.29) is 18.5 Å². The molecular weight excluding hydrogens is 332 g/mol. The lowest BCUT2D eigenvalue weighted by atomic mass is 9.90. The van der Waals surface area contributed by atoms with Crippen LogP contribution in [0.5, 0.6) is 0 Å². The average molecular weight is 364 g/mol. The average Bonchev–Trinajstić information content (AvgIpc) is 2.63. The fourth-order valence-corrected chi connectivity index (χ4v) is 2.73. The summed E-state index contributed by atoms with van der Waals surface area (Å²) in [4.78, 5) is 23.2. The third-order valence-corrected chi connectivity index (χ3v) is 4.45. The second-order valence-corrected chi connectivity index (χ2v) is 7.40. The lowest BCUT2D eigenvalue weighted by Gasteiger charge is -2.30. The van der Waals surface area contributed by atoms with E-state index in [9.17, 15) is 14.7 Å². The summed E-state index contributed by atoms with van der Waals surface area (Å²) in [6.45, 7) is 9.29. The highest BCUT2D eigenvalue weighted by Gasteiger charge is 2.37. The van der Waals surface area contributed by atoms with Gasteiger partial charge in [0.25, 0.3) is 0 Å². The summed E-state index contributed by atoms with van der Waals surface area (Å²) in [6.07, 6.45) is 8.14. The summed E-state index contributed by atoms with van der Waals surface area (Å²) in [7, 11) is 0. The van der Waals surface area contributed by atoms with Crippen LogP contribution in [0.4, 0.5) is 0 Å². The molecule has 0 saturated carbocycles. The molecule has 0 amide bonds. The van der Waals surface area contributed by atoms with Crippen molar-refractivity contribution in [2.45, 2.75) is 78.4 Å². The summed E-state index contributed by atoms with van der Waals surface area (Å²) in [5, 5.41) is 10.7. The summed E-state index contributed by atoms with van der Waals surface area (Å²) in [6, 6.07) is 0. The molecule has 0 aromatic carbocycles. The molecule has 2 atom stereocenters. The molecule has 0 saturated heterocycles. The molecule has 1 heterocycles. The standard InChI is InChI=1S/C21H32O5/c1-15(2)7-6-8-18-11-13-21(5,24)19(26-20(18)23)10-9-16(3)12-14-25-17(4)22/h7,11-12,19,24H,6,8-10,13-14H2,1-5H3/b16-12+/t19-,21+/m0/s1. The highest BCUT2D eigenvalue weighted by molar-refractivity contribution is 5.89. The van der Waals surface area contributed by atoms with Crippen LogP contribution in [-0.2, 0) is 19.1 Å². The Morgan fingerprint density at radius 3 is 2.65 bits per heavy atom. The largest absolute Gasteiger partial charge is 0.462 e. The fraction of sp³-hybridized carbons (Fsp3) is 0.619. The smallest absolute Gasteiger partial charge is 0.334 e. The molecule has 0 radical (unpaired) electrons. The number of hydrogen-bond acceptors (Lipinski definition) is 5. The zero-order chi connectivity index (χ0) is 19.7. The van der Waals surface area contributed by atoms with Gasteiger partial charge in [-0.25, -0.2) is 4.79 Å². The maximum absolute atomic E-state index is 12.4. The van der Waals surface area contributed by atoms with Crippen molar-refractivity contribution in [2.75, 3.05) is 6.61 Å². The summed E-state index contributed by atoms with van der Waals surface area (Å²) in [5.74, 6) is -0.655. The summed E-state index contributed by atoms with van der Waals surface area (Å²) < 4.78 is 10.5. The van der Waals surface area contributed by atoms with Crippen molar-refractivity contribution in [1.82, 2.24) is 0 Å². The zero-order valence-electron chi connectivity index (χ0n) is 16.6. The molecule has 0 aromatic heterocycles. The van der Waals surface area contributed by atoms with Crippen LogP contribution < -0.4 is 0 Å². The molecule has 0 spiro atoms. The molecule has 0 bridgehead atoms. The minimum Gasteiger partial charge on any atom is -0.462 e. The summed E-state index contributed by atoms with van der Waals surface area (Å²) in [5.41, 5.74) is 1.78. The maximum atomic E-state index is 12.4. The van der Waals surface area contributed by atoms with E-state index in [0.717, 1.165) is 12.0 Å². The van der Waals surface area contributed by atoms with E-state index in [1.165, 1.54) is 12.5 Å². The van der Waals surface area contributed by atoms with Crippen molar-refractivity contribution in [3.05, 3.63) is 34.9 Å². The minimum atomic E-state index is -1.09. The Kier molecular flexibility index (Phi) is 8.79. The van der Waals surface area contributed by atoms with Crippen molar-refractivity contribution in [3.63, 3.8) is 0 Å². The first-order valence-corrected chi connectivity index (χ1v) is 9.16. The van der Waals surface area contributed by atoms with Gasteiger partial charge in [-0.2, -0.15) is 0 Å². The van der Waals surface area contributed by atoms with Crippen LogP contribution in [0.3, 0.4) is 0 Å². The van der Waals surface area contributed by atoms with Crippen molar-refractivity contribution in [3.8, 4) is 0 Å². The minimum absolute atomic E-state index is 0.234. The Hall–Kier alpha value is -1.88. The van der Waals surface area contributed by atoms with E-state index in [4.69, 9.17) is 9.47 Å². The van der Waals surface area contributed by atoms with Crippen LogP contribution >= 0.6 is 0 Å². The van der Waals surface area contributed by atoms with Crippen LogP contribution in [-0.4, -0.2) is 35.4 Å². The van der Waals surface area contributed by atoms with Crippen LogP contribution in [0.1, 0.15) is 66.7 Å². The Morgan fingerprint density at radius 1 is 1.35 bits per heavy atom. The van der Waals surface area contributed by atoms with Gasteiger partial charge in [0.05, 0.1) is 0 Å². The van der Waals surface area contributed by atoms with Gasteiger partial charge >= 0.3 is 11.9 Å². The number of esters is 2. The van der Waals surface area contributed by atoms with Crippen molar-refractivity contribution in [1.29, 1.82) is 0 Å². The van der Waals surface area contributed by atoms with Gasteiger partial charge in [0.15, 0.2) is 0 Å². The van der Waals surface area contributed by atoms with Crippen molar-refractivity contribution < 1.29 is 24.2 Å². The lowest BCUT2D eigenvalue weighted by molar-refractivity contribution is -0.157. The zero-order valence-corrected chi connectivity index (χ0v) is 16.6. The van der Waals surface area contributed by atoms with E-state index in [1.807, 2.05) is 32.9 Å². The number of rotatable bonds is 8. The molecule has 5 nitrogen and oxygen atoms in total. The SMILES string of the molecule is CC(=O)OC/C=C(\C)CC[C@@H]1OC(=O)C(CCC=C(C)C)=CC[C@@]1(C)O. The lowest BCUT2D eigenvalue weighted by Crippen LogP contribution is -2.40.